The normalized spacial score (nSPS) is 39.9. The van der Waals surface area contributed by atoms with Gasteiger partial charge in [-0.3, -0.25) is 4.79 Å². The van der Waals surface area contributed by atoms with E-state index in [1.54, 1.807) is 0 Å². The molecule has 2 aliphatic rings. The Morgan fingerprint density at radius 3 is 2.47 bits per heavy atom. The minimum atomic E-state index is 0.335. The quantitative estimate of drug-likeness (QED) is 0.761. The number of nitrogens with one attached hydrogen (secondary N) is 1. The molecule has 2 fully saturated rings. The average molecular weight is 209 g/mol. The summed E-state index contributed by atoms with van der Waals surface area (Å²) in [5.41, 5.74) is 0. The molecule has 86 valence electrons. The van der Waals surface area contributed by atoms with Gasteiger partial charge in [0.05, 0.1) is 0 Å². The highest BCUT2D eigenvalue weighted by atomic mass is 16.2. The Kier molecular flexibility index (Phi) is 3.32. The van der Waals surface area contributed by atoms with Crippen molar-refractivity contribution < 1.29 is 4.79 Å². The van der Waals surface area contributed by atoms with E-state index in [4.69, 9.17) is 0 Å². The summed E-state index contributed by atoms with van der Waals surface area (Å²) < 4.78 is 0. The Balaban J connectivity index is 1.71. The van der Waals surface area contributed by atoms with E-state index in [-0.39, 0.29) is 0 Å². The number of rotatable bonds is 3. The van der Waals surface area contributed by atoms with Crippen LogP contribution in [-0.2, 0) is 4.79 Å². The van der Waals surface area contributed by atoms with Crippen LogP contribution in [-0.4, -0.2) is 11.9 Å². The summed E-state index contributed by atoms with van der Waals surface area (Å²) in [5, 5.41) is 3.23. The smallest absolute Gasteiger partial charge is 0.223 e. The first-order valence-electron chi connectivity index (χ1n) is 6.51. The zero-order chi connectivity index (χ0) is 10.8. The molecular weight excluding hydrogens is 186 g/mol. The summed E-state index contributed by atoms with van der Waals surface area (Å²) in [5.74, 6) is 2.24. The van der Waals surface area contributed by atoms with Gasteiger partial charge >= 0.3 is 0 Å². The SMILES string of the molecule is CCC1C[C@@H]1C(=O)NC1CCC(C)CC1. The van der Waals surface area contributed by atoms with Crippen LogP contribution >= 0.6 is 0 Å². The zero-order valence-corrected chi connectivity index (χ0v) is 9.96. The molecule has 0 heterocycles. The highest BCUT2D eigenvalue weighted by molar-refractivity contribution is 5.81. The van der Waals surface area contributed by atoms with Crippen molar-refractivity contribution in [2.75, 3.05) is 0 Å². The van der Waals surface area contributed by atoms with Crippen molar-refractivity contribution in [2.45, 2.75) is 58.4 Å². The molecule has 0 aromatic heterocycles. The lowest BCUT2D eigenvalue weighted by atomic mass is 9.87. The Bertz CT molecular complexity index is 231. The minimum Gasteiger partial charge on any atom is -0.353 e. The molecule has 1 N–H and O–H groups in total. The molecule has 2 atom stereocenters. The van der Waals surface area contributed by atoms with Gasteiger partial charge < -0.3 is 5.32 Å². The third-order valence-corrected chi connectivity index (χ3v) is 4.15. The summed E-state index contributed by atoms with van der Waals surface area (Å²) in [6.45, 7) is 4.49. The van der Waals surface area contributed by atoms with Crippen LogP contribution in [0, 0.1) is 17.8 Å². The third kappa shape index (κ3) is 2.73. The fourth-order valence-electron chi connectivity index (χ4n) is 2.73. The van der Waals surface area contributed by atoms with Crippen LogP contribution in [0.2, 0.25) is 0 Å². The molecule has 2 rings (SSSR count). The number of amides is 1. The van der Waals surface area contributed by atoms with E-state index in [2.05, 4.69) is 19.2 Å². The van der Waals surface area contributed by atoms with E-state index in [1.165, 1.54) is 32.1 Å². The summed E-state index contributed by atoms with van der Waals surface area (Å²) >= 11 is 0. The Hall–Kier alpha value is -0.530. The van der Waals surface area contributed by atoms with Crippen molar-refractivity contribution >= 4 is 5.91 Å². The van der Waals surface area contributed by atoms with Crippen LogP contribution in [0.1, 0.15) is 52.4 Å². The molecule has 0 aromatic rings. The van der Waals surface area contributed by atoms with Crippen molar-refractivity contribution in [3.63, 3.8) is 0 Å². The van der Waals surface area contributed by atoms with E-state index in [0.717, 1.165) is 12.3 Å². The van der Waals surface area contributed by atoms with Crippen LogP contribution in [0.3, 0.4) is 0 Å². The molecule has 2 nitrogen and oxygen atoms in total. The first-order valence-corrected chi connectivity index (χ1v) is 6.51. The first kappa shape index (κ1) is 11.0. The van der Waals surface area contributed by atoms with Crippen LogP contribution in [0.4, 0.5) is 0 Å². The van der Waals surface area contributed by atoms with Gasteiger partial charge in [-0.15, -0.1) is 0 Å². The maximum atomic E-state index is 11.8. The van der Waals surface area contributed by atoms with Crippen LogP contribution in [0.25, 0.3) is 0 Å². The number of hydrogen-bond acceptors (Lipinski definition) is 1. The summed E-state index contributed by atoms with van der Waals surface area (Å²) in [7, 11) is 0. The highest BCUT2D eigenvalue weighted by Gasteiger charge is 2.41. The van der Waals surface area contributed by atoms with Gasteiger partial charge in [-0.2, -0.15) is 0 Å². The Labute approximate surface area is 92.8 Å². The van der Waals surface area contributed by atoms with Gasteiger partial charge in [-0.1, -0.05) is 20.3 Å². The van der Waals surface area contributed by atoms with Crippen molar-refractivity contribution in [3.05, 3.63) is 0 Å². The predicted molar refractivity (Wildman–Crippen MR) is 61.5 cm³/mol. The van der Waals surface area contributed by atoms with Crippen LogP contribution in [0.15, 0.2) is 0 Å². The molecule has 0 saturated heterocycles. The van der Waals surface area contributed by atoms with Gasteiger partial charge in [0.25, 0.3) is 0 Å². The van der Waals surface area contributed by atoms with Gasteiger partial charge in [-0.05, 0) is 43.9 Å². The fraction of sp³-hybridized carbons (Fsp3) is 0.923. The molecule has 2 saturated carbocycles. The number of hydrogen-bond donors (Lipinski definition) is 1. The molecule has 2 heteroatoms. The fourth-order valence-corrected chi connectivity index (χ4v) is 2.73. The standard InChI is InChI=1S/C13H23NO/c1-3-10-8-12(10)13(15)14-11-6-4-9(2)5-7-11/h9-12H,3-8H2,1-2H3,(H,14,15)/t9?,10?,11?,12-/m0/s1. The van der Waals surface area contributed by atoms with Crippen molar-refractivity contribution in [1.29, 1.82) is 0 Å². The second-order valence-corrected chi connectivity index (χ2v) is 5.48. The van der Waals surface area contributed by atoms with Gasteiger partial charge in [0, 0.05) is 12.0 Å². The van der Waals surface area contributed by atoms with Crippen LogP contribution < -0.4 is 5.32 Å². The zero-order valence-electron chi connectivity index (χ0n) is 9.96. The second kappa shape index (κ2) is 4.54. The maximum Gasteiger partial charge on any atom is 0.223 e. The molecular formula is C13H23NO. The highest BCUT2D eigenvalue weighted by Crippen LogP contribution is 2.41. The van der Waals surface area contributed by atoms with E-state index in [1.807, 2.05) is 0 Å². The van der Waals surface area contributed by atoms with Crippen molar-refractivity contribution in [1.82, 2.24) is 5.32 Å². The monoisotopic (exact) mass is 209 g/mol. The average Bonchev–Trinajstić information content (AvgIpc) is 3.00. The maximum absolute atomic E-state index is 11.8. The molecule has 1 unspecified atom stereocenters. The van der Waals surface area contributed by atoms with Crippen molar-refractivity contribution in [3.8, 4) is 0 Å². The lowest BCUT2D eigenvalue weighted by molar-refractivity contribution is -0.123. The Morgan fingerprint density at radius 2 is 1.93 bits per heavy atom. The first-order chi connectivity index (χ1) is 7.20. The van der Waals surface area contributed by atoms with E-state index in [0.29, 0.717) is 23.8 Å². The molecule has 1 amide bonds. The Morgan fingerprint density at radius 1 is 1.27 bits per heavy atom. The topological polar surface area (TPSA) is 29.1 Å². The summed E-state index contributed by atoms with van der Waals surface area (Å²) in [4.78, 5) is 11.8. The van der Waals surface area contributed by atoms with Gasteiger partial charge in [0.15, 0.2) is 0 Å². The number of carbonyl (C=O) groups is 1. The summed E-state index contributed by atoms with van der Waals surface area (Å²) in [6.07, 6.45) is 7.25. The lowest BCUT2D eigenvalue weighted by Crippen LogP contribution is -2.38. The van der Waals surface area contributed by atoms with Crippen molar-refractivity contribution in [2.24, 2.45) is 17.8 Å². The number of carbonyl (C=O) groups excluding carboxylic acids is 1. The van der Waals surface area contributed by atoms with Gasteiger partial charge in [0.2, 0.25) is 5.91 Å². The van der Waals surface area contributed by atoms with Gasteiger partial charge in [0.1, 0.15) is 0 Å². The molecule has 0 aromatic carbocycles. The molecule has 0 radical (unpaired) electrons. The van der Waals surface area contributed by atoms with Crippen LogP contribution in [0.5, 0.6) is 0 Å². The minimum absolute atomic E-state index is 0.335. The largest absolute Gasteiger partial charge is 0.353 e. The molecule has 0 bridgehead atoms. The third-order valence-electron chi connectivity index (χ3n) is 4.15. The molecule has 15 heavy (non-hydrogen) atoms. The lowest BCUT2D eigenvalue weighted by Gasteiger charge is -2.27. The second-order valence-electron chi connectivity index (χ2n) is 5.48. The predicted octanol–water partition coefficient (Wildman–Crippen LogP) is 2.73. The van der Waals surface area contributed by atoms with E-state index in [9.17, 15) is 4.79 Å². The van der Waals surface area contributed by atoms with E-state index >= 15 is 0 Å². The summed E-state index contributed by atoms with van der Waals surface area (Å²) in [6, 6.07) is 0.479. The van der Waals surface area contributed by atoms with Gasteiger partial charge in [-0.25, -0.2) is 0 Å². The molecule has 0 aliphatic heterocycles. The van der Waals surface area contributed by atoms with E-state index < -0.39 is 0 Å². The molecule has 0 spiro atoms. The molecule has 2 aliphatic carbocycles.